The molecule has 160 valence electrons. The molecule has 0 aliphatic carbocycles. The van der Waals surface area contributed by atoms with Gasteiger partial charge in [-0.15, -0.1) is 0 Å². The Morgan fingerprint density at radius 2 is 1.74 bits per heavy atom. The van der Waals surface area contributed by atoms with Crippen molar-refractivity contribution in [3.63, 3.8) is 0 Å². The van der Waals surface area contributed by atoms with E-state index in [0.29, 0.717) is 11.2 Å². The highest BCUT2D eigenvalue weighted by Gasteiger charge is 2.21. The molecule has 1 aromatic heterocycles. The van der Waals surface area contributed by atoms with Crippen molar-refractivity contribution < 1.29 is 8.42 Å². The largest absolute Gasteiger partial charge is 0.308 e. The first-order valence-corrected chi connectivity index (χ1v) is 12.3. The average molecular weight is 453 g/mol. The summed E-state index contributed by atoms with van der Waals surface area (Å²) in [6.07, 6.45) is 0. The van der Waals surface area contributed by atoms with Crippen molar-refractivity contribution in [2.45, 2.75) is 38.3 Å². The van der Waals surface area contributed by atoms with Crippen LogP contribution in [0.1, 0.15) is 35.2 Å². The predicted molar refractivity (Wildman–Crippen MR) is 126 cm³/mol. The van der Waals surface area contributed by atoms with E-state index in [-0.39, 0.29) is 15.8 Å². The lowest BCUT2D eigenvalue weighted by Crippen LogP contribution is -2.27. The molecule has 0 amide bonds. The summed E-state index contributed by atoms with van der Waals surface area (Å²) < 4.78 is 31.2. The Bertz CT molecular complexity index is 1400. The lowest BCUT2D eigenvalue weighted by Gasteiger charge is -2.17. The fourth-order valence-corrected chi connectivity index (χ4v) is 5.97. The SMILES string of the molecule is Cc1ccc(C)c([C@@H](C)NS(=O)(=O)c2ccc3c(c2)sc(=O)n3Cc2ccccc2)c1. The first-order chi connectivity index (χ1) is 14.7. The third-order valence-electron chi connectivity index (χ3n) is 5.37. The summed E-state index contributed by atoms with van der Waals surface area (Å²) >= 11 is 1.06. The number of sulfonamides is 1. The van der Waals surface area contributed by atoms with Gasteiger partial charge in [0.2, 0.25) is 10.0 Å². The molecule has 4 aromatic rings. The zero-order chi connectivity index (χ0) is 22.2. The Labute approximate surface area is 186 Å². The Hall–Kier alpha value is -2.74. The summed E-state index contributed by atoms with van der Waals surface area (Å²) in [6, 6.07) is 20.2. The van der Waals surface area contributed by atoms with Gasteiger partial charge in [-0.05, 0) is 55.7 Å². The van der Waals surface area contributed by atoms with Crippen LogP contribution in [-0.2, 0) is 16.6 Å². The molecular formula is C24H24N2O3S2. The van der Waals surface area contributed by atoms with Gasteiger partial charge in [-0.2, -0.15) is 0 Å². The van der Waals surface area contributed by atoms with Crippen molar-refractivity contribution in [2.24, 2.45) is 0 Å². The van der Waals surface area contributed by atoms with Gasteiger partial charge in [0.1, 0.15) is 0 Å². The van der Waals surface area contributed by atoms with Gasteiger partial charge in [0.15, 0.2) is 0 Å². The second kappa shape index (κ2) is 8.42. The van der Waals surface area contributed by atoms with Crippen molar-refractivity contribution in [3.8, 4) is 0 Å². The van der Waals surface area contributed by atoms with Crippen molar-refractivity contribution in [2.75, 3.05) is 0 Å². The molecule has 4 rings (SSSR count). The molecule has 0 radical (unpaired) electrons. The molecule has 0 saturated carbocycles. The zero-order valence-corrected chi connectivity index (χ0v) is 19.3. The van der Waals surface area contributed by atoms with Crippen LogP contribution < -0.4 is 9.60 Å². The second-order valence-corrected chi connectivity index (χ2v) is 10.5. The van der Waals surface area contributed by atoms with Crippen LogP contribution in [0.15, 0.2) is 76.4 Å². The molecule has 3 aromatic carbocycles. The van der Waals surface area contributed by atoms with E-state index >= 15 is 0 Å². The number of aryl methyl sites for hydroxylation is 2. The molecule has 1 N–H and O–H groups in total. The van der Waals surface area contributed by atoms with E-state index < -0.39 is 10.0 Å². The summed E-state index contributed by atoms with van der Waals surface area (Å²) in [4.78, 5) is 12.6. The number of hydrogen-bond donors (Lipinski definition) is 1. The molecule has 0 bridgehead atoms. The topological polar surface area (TPSA) is 68.2 Å². The maximum absolute atomic E-state index is 13.0. The van der Waals surface area contributed by atoms with Crippen molar-refractivity contribution in [1.29, 1.82) is 0 Å². The minimum absolute atomic E-state index is 0.106. The average Bonchev–Trinajstić information content (AvgIpc) is 3.04. The summed E-state index contributed by atoms with van der Waals surface area (Å²) in [6.45, 7) is 6.25. The summed E-state index contributed by atoms with van der Waals surface area (Å²) in [5.41, 5.74) is 4.82. The molecule has 5 nitrogen and oxygen atoms in total. The van der Waals surface area contributed by atoms with Gasteiger partial charge in [-0.3, -0.25) is 9.36 Å². The number of benzene rings is 3. The van der Waals surface area contributed by atoms with Crippen LogP contribution >= 0.6 is 11.3 Å². The van der Waals surface area contributed by atoms with E-state index in [1.54, 1.807) is 22.8 Å². The van der Waals surface area contributed by atoms with Gasteiger partial charge in [0.05, 0.1) is 21.7 Å². The van der Waals surface area contributed by atoms with E-state index in [1.165, 1.54) is 0 Å². The fraction of sp³-hybridized carbons (Fsp3) is 0.208. The van der Waals surface area contributed by atoms with Gasteiger partial charge in [0, 0.05) is 6.04 Å². The predicted octanol–water partition coefficient (Wildman–Crippen LogP) is 4.77. The first-order valence-electron chi connectivity index (χ1n) is 10.0. The van der Waals surface area contributed by atoms with Crippen molar-refractivity contribution >= 4 is 31.6 Å². The van der Waals surface area contributed by atoms with Gasteiger partial charge in [-0.1, -0.05) is 65.4 Å². The molecule has 7 heteroatoms. The quantitative estimate of drug-likeness (QED) is 0.458. The molecule has 31 heavy (non-hydrogen) atoms. The number of fused-ring (bicyclic) bond motifs is 1. The van der Waals surface area contributed by atoms with Crippen LogP contribution in [0.2, 0.25) is 0 Å². The monoisotopic (exact) mass is 452 g/mol. The Morgan fingerprint density at radius 3 is 2.48 bits per heavy atom. The van der Waals surface area contributed by atoms with Crippen molar-refractivity contribution in [1.82, 2.24) is 9.29 Å². The number of aromatic nitrogens is 1. The Morgan fingerprint density at radius 1 is 1.00 bits per heavy atom. The van der Waals surface area contributed by atoms with E-state index in [1.807, 2.05) is 69.3 Å². The van der Waals surface area contributed by atoms with Gasteiger partial charge in [0.25, 0.3) is 0 Å². The van der Waals surface area contributed by atoms with Gasteiger partial charge < -0.3 is 0 Å². The highest BCUT2D eigenvalue weighted by atomic mass is 32.2. The van der Waals surface area contributed by atoms with E-state index in [2.05, 4.69) is 4.72 Å². The molecule has 1 atom stereocenters. The van der Waals surface area contributed by atoms with Crippen LogP contribution in [0.3, 0.4) is 0 Å². The molecule has 0 unspecified atom stereocenters. The lowest BCUT2D eigenvalue weighted by atomic mass is 10.0. The highest BCUT2D eigenvalue weighted by molar-refractivity contribution is 7.89. The van der Waals surface area contributed by atoms with Gasteiger partial charge >= 0.3 is 4.87 Å². The van der Waals surface area contributed by atoms with Crippen LogP contribution in [-0.4, -0.2) is 13.0 Å². The summed E-state index contributed by atoms with van der Waals surface area (Å²) in [5, 5.41) is 0. The molecule has 0 aliphatic rings. The molecule has 1 heterocycles. The van der Waals surface area contributed by atoms with E-state index in [9.17, 15) is 13.2 Å². The smallest absolute Gasteiger partial charge is 0.294 e. The fourth-order valence-electron chi connectivity index (χ4n) is 3.72. The normalized spacial score (nSPS) is 12.9. The summed E-state index contributed by atoms with van der Waals surface area (Å²) in [5.74, 6) is 0. The Balaban J connectivity index is 1.65. The first kappa shape index (κ1) is 21.5. The van der Waals surface area contributed by atoms with Crippen molar-refractivity contribution in [3.05, 3.63) is 98.7 Å². The molecule has 0 saturated heterocycles. The summed E-state index contributed by atoms with van der Waals surface area (Å²) in [7, 11) is -3.75. The molecule has 0 fully saturated rings. The number of rotatable bonds is 6. The standard InChI is InChI=1S/C24H24N2O3S2/c1-16-9-10-17(2)21(13-16)18(3)25-31(28,29)20-11-12-22-23(14-20)30-24(27)26(22)15-19-7-5-4-6-8-19/h4-14,18,25H,15H2,1-3H3/t18-/m1/s1. The maximum Gasteiger partial charge on any atom is 0.308 e. The van der Waals surface area contributed by atoms with Crippen LogP contribution in [0.4, 0.5) is 0 Å². The lowest BCUT2D eigenvalue weighted by molar-refractivity contribution is 0.566. The number of thiazole rings is 1. The number of hydrogen-bond acceptors (Lipinski definition) is 4. The van der Waals surface area contributed by atoms with Crippen LogP contribution in [0.25, 0.3) is 10.2 Å². The van der Waals surface area contributed by atoms with Crippen LogP contribution in [0, 0.1) is 13.8 Å². The molecule has 0 spiro atoms. The third-order valence-corrected chi connectivity index (χ3v) is 7.85. The third kappa shape index (κ3) is 4.49. The minimum atomic E-state index is -3.75. The number of nitrogens with one attached hydrogen (secondary N) is 1. The van der Waals surface area contributed by atoms with E-state index in [4.69, 9.17) is 0 Å². The Kier molecular flexibility index (Phi) is 5.83. The maximum atomic E-state index is 13.0. The zero-order valence-electron chi connectivity index (χ0n) is 17.6. The van der Waals surface area contributed by atoms with E-state index in [0.717, 1.165) is 39.1 Å². The number of nitrogens with zero attached hydrogens (tertiary/aromatic N) is 1. The molecule has 0 aliphatic heterocycles. The second-order valence-electron chi connectivity index (χ2n) is 7.77. The minimum Gasteiger partial charge on any atom is -0.294 e. The highest BCUT2D eigenvalue weighted by Crippen LogP contribution is 2.25. The van der Waals surface area contributed by atoms with Crippen LogP contribution in [0.5, 0.6) is 0 Å². The molecular weight excluding hydrogens is 428 g/mol. The van der Waals surface area contributed by atoms with Gasteiger partial charge in [-0.25, -0.2) is 13.1 Å².